The summed E-state index contributed by atoms with van der Waals surface area (Å²) in [5.74, 6) is -0.0825. The molecule has 2 aromatic rings. The van der Waals surface area contributed by atoms with E-state index < -0.39 is 0 Å². The standard InChI is InChI=1S/C14H17ClN4OS2/c1-8(2)16-13-18-19-14(22-13)21-9(3)12(20)17-11-6-4-10(15)5-7-11/h4-9H,1-3H3,(H,16,18)(H,17,20)/t9-/m1/s1. The van der Waals surface area contributed by atoms with Crippen molar-refractivity contribution in [3.8, 4) is 0 Å². The van der Waals surface area contributed by atoms with Gasteiger partial charge in [-0.05, 0) is 45.0 Å². The second kappa shape index (κ2) is 7.80. The van der Waals surface area contributed by atoms with E-state index >= 15 is 0 Å². The van der Waals surface area contributed by atoms with Crippen LogP contribution in [0.1, 0.15) is 20.8 Å². The summed E-state index contributed by atoms with van der Waals surface area (Å²) in [6.07, 6.45) is 0. The Labute approximate surface area is 142 Å². The highest BCUT2D eigenvalue weighted by atomic mass is 35.5. The van der Waals surface area contributed by atoms with Gasteiger partial charge < -0.3 is 10.6 Å². The molecule has 1 aromatic carbocycles. The molecule has 22 heavy (non-hydrogen) atoms. The van der Waals surface area contributed by atoms with Crippen molar-refractivity contribution in [2.45, 2.75) is 36.4 Å². The molecule has 0 aliphatic rings. The van der Waals surface area contributed by atoms with Gasteiger partial charge >= 0.3 is 0 Å². The third kappa shape index (κ3) is 5.15. The summed E-state index contributed by atoms with van der Waals surface area (Å²) in [6, 6.07) is 7.32. The van der Waals surface area contributed by atoms with E-state index in [4.69, 9.17) is 11.6 Å². The average molecular weight is 357 g/mol. The number of benzene rings is 1. The number of carbonyl (C=O) groups excluding carboxylic acids is 1. The van der Waals surface area contributed by atoms with Crippen LogP contribution in [0.3, 0.4) is 0 Å². The third-order valence-electron chi connectivity index (χ3n) is 2.58. The minimum absolute atomic E-state index is 0.0825. The number of rotatable bonds is 6. The second-order valence-corrected chi connectivity index (χ2v) is 7.93. The monoisotopic (exact) mass is 356 g/mol. The van der Waals surface area contributed by atoms with Crippen molar-refractivity contribution in [1.29, 1.82) is 0 Å². The molecule has 0 bridgehead atoms. The maximum absolute atomic E-state index is 12.2. The Morgan fingerprint density at radius 1 is 1.23 bits per heavy atom. The van der Waals surface area contributed by atoms with Gasteiger partial charge in [0, 0.05) is 16.8 Å². The first-order valence-electron chi connectivity index (χ1n) is 6.77. The molecular formula is C14H17ClN4OS2. The molecule has 2 N–H and O–H groups in total. The normalized spacial score (nSPS) is 12.2. The highest BCUT2D eigenvalue weighted by Crippen LogP contribution is 2.29. The van der Waals surface area contributed by atoms with Gasteiger partial charge in [0.1, 0.15) is 0 Å². The van der Waals surface area contributed by atoms with E-state index in [1.54, 1.807) is 24.3 Å². The lowest BCUT2D eigenvalue weighted by molar-refractivity contribution is -0.115. The molecule has 1 atom stereocenters. The van der Waals surface area contributed by atoms with Gasteiger partial charge in [-0.1, -0.05) is 34.7 Å². The minimum Gasteiger partial charge on any atom is -0.358 e. The van der Waals surface area contributed by atoms with Crippen molar-refractivity contribution in [1.82, 2.24) is 10.2 Å². The Hall–Kier alpha value is -1.31. The minimum atomic E-state index is -0.268. The molecule has 0 saturated heterocycles. The van der Waals surface area contributed by atoms with Gasteiger partial charge in [0.2, 0.25) is 11.0 Å². The summed E-state index contributed by atoms with van der Waals surface area (Å²) in [6.45, 7) is 5.92. The van der Waals surface area contributed by atoms with Crippen molar-refractivity contribution in [2.75, 3.05) is 10.6 Å². The first kappa shape index (κ1) is 17.1. The number of amides is 1. The third-order valence-corrected chi connectivity index (χ3v) is 4.87. The summed E-state index contributed by atoms with van der Waals surface area (Å²) in [5.41, 5.74) is 0.723. The van der Waals surface area contributed by atoms with Crippen LogP contribution in [0.2, 0.25) is 5.02 Å². The second-order valence-electron chi connectivity index (χ2n) is 4.93. The number of anilines is 2. The summed E-state index contributed by atoms with van der Waals surface area (Å²) >= 11 is 8.66. The smallest absolute Gasteiger partial charge is 0.237 e. The largest absolute Gasteiger partial charge is 0.358 e. The van der Waals surface area contributed by atoms with Crippen LogP contribution in [0.15, 0.2) is 28.6 Å². The molecule has 118 valence electrons. The first-order valence-corrected chi connectivity index (χ1v) is 8.84. The van der Waals surface area contributed by atoms with Gasteiger partial charge in [-0.25, -0.2) is 0 Å². The van der Waals surface area contributed by atoms with Crippen molar-refractivity contribution in [2.24, 2.45) is 0 Å². The quantitative estimate of drug-likeness (QED) is 0.762. The molecule has 0 aliphatic heterocycles. The van der Waals surface area contributed by atoms with E-state index in [2.05, 4.69) is 20.8 Å². The molecule has 0 radical (unpaired) electrons. The SMILES string of the molecule is CC(C)Nc1nnc(S[C@H](C)C(=O)Nc2ccc(Cl)cc2)s1. The maximum Gasteiger partial charge on any atom is 0.237 e. The van der Waals surface area contributed by atoms with Crippen LogP contribution in [0, 0.1) is 0 Å². The van der Waals surface area contributed by atoms with Crippen LogP contribution in [0.5, 0.6) is 0 Å². The fourth-order valence-electron chi connectivity index (χ4n) is 1.54. The van der Waals surface area contributed by atoms with E-state index in [0.29, 0.717) is 11.1 Å². The van der Waals surface area contributed by atoms with Gasteiger partial charge in [0.15, 0.2) is 4.34 Å². The summed E-state index contributed by atoms with van der Waals surface area (Å²) in [7, 11) is 0. The van der Waals surface area contributed by atoms with Crippen LogP contribution in [-0.2, 0) is 4.79 Å². The van der Waals surface area contributed by atoms with Crippen molar-refractivity contribution >= 4 is 51.4 Å². The lowest BCUT2D eigenvalue weighted by Gasteiger charge is -2.10. The van der Waals surface area contributed by atoms with Crippen molar-refractivity contribution in [3.63, 3.8) is 0 Å². The zero-order chi connectivity index (χ0) is 16.1. The number of nitrogens with one attached hydrogen (secondary N) is 2. The number of hydrogen-bond donors (Lipinski definition) is 2. The van der Waals surface area contributed by atoms with E-state index in [-0.39, 0.29) is 11.2 Å². The zero-order valence-electron chi connectivity index (χ0n) is 12.5. The molecule has 1 aromatic heterocycles. The first-order chi connectivity index (χ1) is 10.4. The van der Waals surface area contributed by atoms with Gasteiger partial charge in [0.25, 0.3) is 0 Å². The Bertz CT molecular complexity index is 630. The fourth-order valence-corrected chi connectivity index (χ4v) is 3.71. The maximum atomic E-state index is 12.2. The Morgan fingerprint density at radius 3 is 2.55 bits per heavy atom. The van der Waals surface area contributed by atoms with Gasteiger partial charge in [-0.15, -0.1) is 10.2 Å². The Balaban J connectivity index is 1.90. The number of thioether (sulfide) groups is 1. The highest BCUT2D eigenvalue weighted by Gasteiger charge is 2.17. The summed E-state index contributed by atoms with van der Waals surface area (Å²) in [4.78, 5) is 12.2. The van der Waals surface area contributed by atoms with Crippen LogP contribution < -0.4 is 10.6 Å². The summed E-state index contributed by atoms with van der Waals surface area (Å²) in [5, 5.41) is 15.3. The molecule has 8 heteroatoms. The molecule has 0 aliphatic carbocycles. The Kier molecular flexibility index (Phi) is 6.05. The average Bonchev–Trinajstić information content (AvgIpc) is 2.87. The molecular weight excluding hydrogens is 340 g/mol. The molecule has 1 amide bonds. The lowest BCUT2D eigenvalue weighted by atomic mass is 10.3. The molecule has 1 heterocycles. The molecule has 0 spiro atoms. The van der Waals surface area contributed by atoms with Gasteiger partial charge in [-0.2, -0.15) is 0 Å². The number of halogens is 1. The topological polar surface area (TPSA) is 66.9 Å². The number of aromatic nitrogens is 2. The number of carbonyl (C=O) groups is 1. The van der Waals surface area contributed by atoms with E-state index in [0.717, 1.165) is 15.2 Å². The van der Waals surface area contributed by atoms with Crippen LogP contribution in [0.4, 0.5) is 10.8 Å². The molecule has 0 unspecified atom stereocenters. The van der Waals surface area contributed by atoms with Gasteiger partial charge in [-0.3, -0.25) is 4.79 Å². The predicted molar refractivity (Wildman–Crippen MR) is 94.1 cm³/mol. The van der Waals surface area contributed by atoms with Gasteiger partial charge in [0.05, 0.1) is 5.25 Å². The Morgan fingerprint density at radius 2 is 1.91 bits per heavy atom. The zero-order valence-corrected chi connectivity index (χ0v) is 14.9. The van der Waals surface area contributed by atoms with Crippen LogP contribution >= 0.6 is 34.7 Å². The predicted octanol–water partition coefficient (Wildman–Crippen LogP) is 4.13. The van der Waals surface area contributed by atoms with Crippen molar-refractivity contribution < 1.29 is 4.79 Å². The fraction of sp³-hybridized carbons (Fsp3) is 0.357. The van der Waals surface area contributed by atoms with E-state index in [9.17, 15) is 4.79 Å². The molecule has 2 rings (SSSR count). The highest BCUT2D eigenvalue weighted by molar-refractivity contribution is 8.02. The van der Waals surface area contributed by atoms with E-state index in [1.165, 1.54) is 23.1 Å². The van der Waals surface area contributed by atoms with Crippen LogP contribution in [-0.4, -0.2) is 27.4 Å². The molecule has 5 nitrogen and oxygen atoms in total. The lowest BCUT2D eigenvalue weighted by Crippen LogP contribution is -2.22. The molecule has 0 saturated carbocycles. The van der Waals surface area contributed by atoms with E-state index in [1.807, 2.05) is 20.8 Å². The molecule has 0 fully saturated rings. The van der Waals surface area contributed by atoms with Crippen molar-refractivity contribution in [3.05, 3.63) is 29.3 Å². The number of nitrogens with zero attached hydrogens (tertiary/aromatic N) is 2. The van der Waals surface area contributed by atoms with Crippen LogP contribution in [0.25, 0.3) is 0 Å². The number of hydrogen-bond acceptors (Lipinski definition) is 6. The summed E-state index contributed by atoms with van der Waals surface area (Å²) < 4.78 is 0.766.